The average Bonchev–Trinajstić information content (AvgIpc) is 2.60. The van der Waals surface area contributed by atoms with Gasteiger partial charge in [0.05, 0.1) is 6.07 Å². The van der Waals surface area contributed by atoms with E-state index in [4.69, 9.17) is 4.74 Å². The molecule has 1 heterocycles. The van der Waals surface area contributed by atoms with Gasteiger partial charge in [-0.1, -0.05) is 27.2 Å². The van der Waals surface area contributed by atoms with Gasteiger partial charge in [0.25, 0.3) is 11.5 Å². The quantitative estimate of drug-likeness (QED) is 0.703. The van der Waals surface area contributed by atoms with E-state index >= 15 is 0 Å². The molecule has 142 valence electrons. The Morgan fingerprint density at radius 1 is 1.38 bits per heavy atom. The first-order valence-electron chi connectivity index (χ1n) is 8.67. The molecule has 26 heavy (non-hydrogen) atoms. The summed E-state index contributed by atoms with van der Waals surface area (Å²) in [7, 11) is 0. The fraction of sp³-hybridized carbons (Fsp3) is 0.611. The Morgan fingerprint density at radius 2 is 2.04 bits per heavy atom. The zero-order chi connectivity index (χ0) is 19.9. The number of hydrogen-bond donors (Lipinski definition) is 1. The molecule has 0 radical (unpaired) electrons. The number of nitriles is 1. The number of carbonyl (C=O) groups excluding carboxylic acids is 2. The van der Waals surface area contributed by atoms with E-state index in [0.717, 1.165) is 12.8 Å². The fourth-order valence-corrected chi connectivity index (χ4v) is 1.96. The third-order valence-electron chi connectivity index (χ3n) is 4.22. The summed E-state index contributed by atoms with van der Waals surface area (Å²) in [6, 6.07) is 4.57. The first kappa shape index (κ1) is 21.4. The first-order valence-corrected chi connectivity index (χ1v) is 8.67. The van der Waals surface area contributed by atoms with Gasteiger partial charge in [-0.15, -0.1) is 0 Å². The number of aryl methyl sites for hydroxylation is 1. The molecular formula is C18H26N4O4. The van der Waals surface area contributed by atoms with Crippen LogP contribution in [-0.2, 0) is 16.1 Å². The maximum Gasteiger partial charge on any atom is 0.359 e. The lowest BCUT2D eigenvalue weighted by Crippen LogP contribution is -2.52. The van der Waals surface area contributed by atoms with Gasteiger partial charge in [0.1, 0.15) is 5.54 Å². The highest BCUT2D eigenvalue weighted by Gasteiger charge is 2.32. The third kappa shape index (κ3) is 5.41. The normalized spacial score (nSPS) is 14.2. The van der Waals surface area contributed by atoms with E-state index < -0.39 is 23.5 Å². The number of ether oxygens (including phenoxy) is 1. The number of nitrogens with zero attached hydrogens (tertiary/aromatic N) is 3. The molecule has 0 spiro atoms. The maximum absolute atomic E-state index is 12.2. The fourth-order valence-electron chi connectivity index (χ4n) is 1.96. The summed E-state index contributed by atoms with van der Waals surface area (Å²) in [4.78, 5) is 36.2. The SMILES string of the molecule is CCCCn1nc(C(=O)O[C@@H](C)C(=O)N[C@@](C)(C#N)C(C)C)ccc1=O. The molecule has 0 unspecified atom stereocenters. The molecule has 8 nitrogen and oxygen atoms in total. The third-order valence-corrected chi connectivity index (χ3v) is 4.22. The van der Waals surface area contributed by atoms with Gasteiger partial charge in [-0.2, -0.15) is 10.4 Å². The van der Waals surface area contributed by atoms with Crippen molar-refractivity contribution in [1.82, 2.24) is 15.1 Å². The predicted octanol–water partition coefficient (Wildman–Crippen LogP) is 1.64. The summed E-state index contributed by atoms with van der Waals surface area (Å²) in [5.41, 5.74) is -1.42. The lowest BCUT2D eigenvalue weighted by atomic mass is 9.90. The molecule has 2 atom stereocenters. The second-order valence-corrected chi connectivity index (χ2v) is 6.64. The monoisotopic (exact) mass is 362 g/mol. The smallest absolute Gasteiger partial charge is 0.359 e. The highest BCUT2D eigenvalue weighted by molar-refractivity contribution is 5.90. The van der Waals surface area contributed by atoms with Crippen LogP contribution in [0.5, 0.6) is 0 Å². The number of carbonyl (C=O) groups is 2. The second-order valence-electron chi connectivity index (χ2n) is 6.64. The van der Waals surface area contributed by atoms with Crippen molar-refractivity contribution in [2.75, 3.05) is 0 Å². The van der Waals surface area contributed by atoms with Crippen molar-refractivity contribution in [2.45, 2.75) is 65.6 Å². The minimum Gasteiger partial charge on any atom is -0.448 e. The number of unbranched alkanes of at least 4 members (excludes halogenated alkanes) is 1. The molecule has 8 heteroatoms. The van der Waals surface area contributed by atoms with Gasteiger partial charge in [0.2, 0.25) is 0 Å². The van der Waals surface area contributed by atoms with Crippen molar-refractivity contribution in [2.24, 2.45) is 5.92 Å². The Kier molecular flexibility index (Phi) is 7.50. The van der Waals surface area contributed by atoms with Crippen molar-refractivity contribution in [3.63, 3.8) is 0 Å². The molecule has 1 N–H and O–H groups in total. The van der Waals surface area contributed by atoms with E-state index in [0.29, 0.717) is 6.54 Å². The highest BCUT2D eigenvalue weighted by Crippen LogP contribution is 2.15. The van der Waals surface area contributed by atoms with Crippen LogP contribution in [0, 0.1) is 17.2 Å². The zero-order valence-electron chi connectivity index (χ0n) is 15.9. The second kappa shape index (κ2) is 9.13. The van der Waals surface area contributed by atoms with E-state index in [9.17, 15) is 19.6 Å². The van der Waals surface area contributed by atoms with E-state index in [1.54, 1.807) is 6.92 Å². The number of nitrogens with one attached hydrogen (secondary N) is 1. The molecule has 0 aliphatic heterocycles. The van der Waals surface area contributed by atoms with E-state index in [1.165, 1.54) is 23.7 Å². The van der Waals surface area contributed by atoms with Crippen LogP contribution in [-0.4, -0.2) is 33.3 Å². The molecule has 1 aromatic rings. The van der Waals surface area contributed by atoms with E-state index in [2.05, 4.69) is 16.5 Å². The lowest BCUT2D eigenvalue weighted by Gasteiger charge is -2.28. The van der Waals surface area contributed by atoms with Crippen molar-refractivity contribution in [3.05, 3.63) is 28.2 Å². The molecule has 0 aliphatic carbocycles. The molecule has 0 bridgehead atoms. The minimum absolute atomic E-state index is 0.0488. The molecule has 0 saturated heterocycles. The minimum atomic E-state index is -1.10. The average molecular weight is 362 g/mol. The molecular weight excluding hydrogens is 336 g/mol. The Hall–Kier alpha value is -2.69. The number of aromatic nitrogens is 2. The zero-order valence-corrected chi connectivity index (χ0v) is 15.9. The van der Waals surface area contributed by atoms with Crippen LogP contribution in [0.1, 0.15) is 57.9 Å². The van der Waals surface area contributed by atoms with Crippen LogP contribution in [0.4, 0.5) is 0 Å². The van der Waals surface area contributed by atoms with Crippen molar-refractivity contribution in [1.29, 1.82) is 5.26 Å². The van der Waals surface area contributed by atoms with Gasteiger partial charge in [0, 0.05) is 12.6 Å². The summed E-state index contributed by atoms with van der Waals surface area (Å²) in [6.45, 7) is 9.03. The Labute approximate surface area is 153 Å². The van der Waals surface area contributed by atoms with Crippen molar-refractivity contribution in [3.8, 4) is 6.07 Å². The number of hydrogen-bond acceptors (Lipinski definition) is 6. The summed E-state index contributed by atoms with van der Waals surface area (Å²) in [5, 5.41) is 15.8. The number of esters is 1. The van der Waals surface area contributed by atoms with Crippen molar-refractivity contribution < 1.29 is 14.3 Å². The molecule has 1 aromatic heterocycles. The van der Waals surface area contributed by atoms with Crippen LogP contribution >= 0.6 is 0 Å². The topological polar surface area (TPSA) is 114 Å². The first-order chi connectivity index (χ1) is 12.1. The molecule has 0 saturated carbocycles. The van der Waals surface area contributed by atoms with Gasteiger partial charge in [-0.3, -0.25) is 9.59 Å². The maximum atomic E-state index is 12.2. The predicted molar refractivity (Wildman–Crippen MR) is 95.3 cm³/mol. The van der Waals surface area contributed by atoms with Crippen LogP contribution in [0.2, 0.25) is 0 Å². The van der Waals surface area contributed by atoms with Crippen LogP contribution in [0.3, 0.4) is 0 Å². The summed E-state index contributed by atoms with van der Waals surface area (Å²) in [5.74, 6) is -1.50. The van der Waals surface area contributed by atoms with E-state index in [1.807, 2.05) is 20.8 Å². The van der Waals surface area contributed by atoms with Crippen LogP contribution in [0.15, 0.2) is 16.9 Å². The number of amides is 1. The molecule has 0 aromatic carbocycles. The van der Waals surface area contributed by atoms with Crippen molar-refractivity contribution >= 4 is 11.9 Å². The summed E-state index contributed by atoms with van der Waals surface area (Å²) >= 11 is 0. The highest BCUT2D eigenvalue weighted by atomic mass is 16.5. The van der Waals surface area contributed by atoms with Gasteiger partial charge in [0.15, 0.2) is 11.8 Å². The Bertz CT molecular complexity index is 750. The van der Waals surface area contributed by atoms with E-state index in [-0.39, 0.29) is 17.2 Å². The molecule has 1 amide bonds. The van der Waals surface area contributed by atoms with Gasteiger partial charge in [-0.25, -0.2) is 9.48 Å². The largest absolute Gasteiger partial charge is 0.448 e. The Morgan fingerprint density at radius 3 is 2.58 bits per heavy atom. The van der Waals surface area contributed by atoms with Crippen LogP contribution < -0.4 is 10.9 Å². The molecule has 0 fully saturated rings. The van der Waals surface area contributed by atoms with Gasteiger partial charge < -0.3 is 10.1 Å². The molecule has 1 rings (SSSR count). The number of rotatable bonds is 8. The summed E-state index contributed by atoms with van der Waals surface area (Å²) in [6.07, 6.45) is 0.534. The van der Waals surface area contributed by atoms with Gasteiger partial charge >= 0.3 is 5.97 Å². The lowest BCUT2D eigenvalue weighted by molar-refractivity contribution is -0.130. The Balaban J connectivity index is 2.82. The molecule has 0 aliphatic rings. The summed E-state index contributed by atoms with van der Waals surface area (Å²) < 4.78 is 6.33. The van der Waals surface area contributed by atoms with Crippen LogP contribution in [0.25, 0.3) is 0 Å². The van der Waals surface area contributed by atoms with Gasteiger partial charge in [-0.05, 0) is 32.3 Å². The standard InChI is InChI=1S/C18H26N4O4/c1-6-7-10-22-15(23)9-8-14(21-22)17(25)26-13(4)16(24)20-18(5,11-19)12(2)3/h8-9,12-13H,6-7,10H2,1-5H3,(H,20,24)/t13-,18-/m0/s1.